The monoisotopic (exact) mass is 270 g/mol. The molecule has 0 fully saturated rings. The van der Waals surface area contributed by atoms with E-state index >= 15 is 0 Å². The first kappa shape index (κ1) is 13.8. The van der Waals surface area contributed by atoms with Crippen LogP contribution in [0.25, 0.3) is 0 Å². The fourth-order valence-corrected chi connectivity index (χ4v) is 1.50. The van der Waals surface area contributed by atoms with Gasteiger partial charge in [0.05, 0.1) is 17.2 Å². The average Bonchev–Trinajstić information content (AvgIpc) is 2.19. The van der Waals surface area contributed by atoms with Gasteiger partial charge in [-0.05, 0) is 19.1 Å². The van der Waals surface area contributed by atoms with Crippen LogP contribution in [-0.2, 0) is 10.9 Å². The molecule has 17 heavy (non-hydrogen) atoms. The molecule has 0 spiro atoms. The molecule has 0 aliphatic heterocycles. The van der Waals surface area contributed by atoms with Crippen LogP contribution in [0.2, 0.25) is 5.02 Å². The van der Waals surface area contributed by atoms with Crippen LogP contribution in [0.3, 0.4) is 0 Å². The topological polar surface area (TPSA) is 26.3 Å². The summed E-state index contributed by atoms with van der Waals surface area (Å²) < 4.78 is 55.5. The van der Waals surface area contributed by atoms with E-state index in [0.717, 1.165) is 6.07 Å². The van der Waals surface area contributed by atoms with Gasteiger partial charge in [0.2, 0.25) is 0 Å². The molecule has 1 aromatic carbocycles. The van der Waals surface area contributed by atoms with Crippen molar-refractivity contribution in [3.05, 3.63) is 34.1 Å². The van der Waals surface area contributed by atoms with Gasteiger partial charge in [-0.25, -0.2) is 9.18 Å². The maximum Gasteiger partial charge on any atom is 0.418 e. The fourth-order valence-electron chi connectivity index (χ4n) is 1.23. The van der Waals surface area contributed by atoms with Crippen molar-refractivity contribution in [3.63, 3.8) is 0 Å². The second-order valence-corrected chi connectivity index (χ2v) is 3.40. The molecule has 0 amide bonds. The first-order valence-electron chi connectivity index (χ1n) is 4.51. The highest BCUT2D eigenvalue weighted by molar-refractivity contribution is 6.32. The van der Waals surface area contributed by atoms with E-state index in [1.165, 1.54) is 6.92 Å². The predicted molar refractivity (Wildman–Crippen MR) is 52.4 cm³/mol. The Morgan fingerprint density at radius 2 is 2.00 bits per heavy atom. The van der Waals surface area contributed by atoms with Crippen molar-refractivity contribution >= 4 is 17.6 Å². The Hall–Kier alpha value is -1.30. The number of benzene rings is 1. The highest BCUT2D eigenvalue weighted by atomic mass is 35.5. The highest BCUT2D eigenvalue weighted by Crippen LogP contribution is 2.38. The van der Waals surface area contributed by atoms with E-state index in [0.29, 0.717) is 6.07 Å². The van der Waals surface area contributed by atoms with Gasteiger partial charge < -0.3 is 4.74 Å². The van der Waals surface area contributed by atoms with Crippen molar-refractivity contribution in [1.29, 1.82) is 0 Å². The molecule has 0 heterocycles. The van der Waals surface area contributed by atoms with E-state index in [1.807, 2.05) is 0 Å². The predicted octanol–water partition coefficient (Wildman–Crippen LogP) is 3.67. The Labute approximate surface area is 99.1 Å². The lowest BCUT2D eigenvalue weighted by molar-refractivity contribution is -0.138. The normalized spacial score (nSPS) is 11.4. The van der Waals surface area contributed by atoms with Crippen molar-refractivity contribution in [3.8, 4) is 0 Å². The number of carbonyl (C=O) groups excluding carboxylic acids is 1. The number of ether oxygens (including phenoxy) is 1. The first-order chi connectivity index (χ1) is 7.79. The lowest BCUT2D eigenvalue weighted by Crippen LogP contribution is -2.17. The van der Waals surface area contributed by atoms with Crippen molar-refractivity contribution in [1.82, 2.24) is 0 Å². The molecule has 0 N–H and O–H groups in total. The largest absolute Gasteiger partial charge is 0.462 e. The molecule has 0 radical (unpaired) electrons. The second-order valence-electron chi connectivity index (χ2n) is 3.00. The summed E-state index contributed by atoms with van der Waals surface area (Å²) in [5.41, 5.74) is -2.70. The molecule has 94 valence electrons. The summed E-state index contributed by atoms with van der Waals surface area (Å²) in [6, 6.07) is 1.42. The molecule has 0 saturated heterocycles. The third-order valence-electron chi connectivity index (χ3n) is 1.87. The molecule has 0 aliphatic rings. The summed E-state index contributed by atoms with van der Waals surface area (Å²) in [6.07, 6.45) is -4.93. The number of alkyl halides is 3. The van der Waals surface area contributed by atoms with Crippen molar-refractivity contribution < 1.29 is 27.1 Å². The van der Waals surface area contributed by atoms with Gasteiger partial charge in [-0.1, -0.05) is 11.6 Å². The van der Waals surface area contributed by atoms with E-state index < -0.39 is 34.1 Å². The second kappa shape index (κ2) is 4.91. The lowest BCUT2D eigenvalue weighted by atomic mass is 10.1. The van der Waals surface area contributed by atoms with E-state index in [9.17, 15) is 22.4 Å². The standard InChI is InChI=1S/C10H7ClF4O2/c1-2-17-9(16)7-6(12)4-3-5(11)8(7)10(13,14)15/h3-4H,2H2,1H3. The number of halogens is 5. The van der Waals surface area contributed by atoms with Crippen LogP contribution < -0.4 is 0 Å². The minimum atomic E-state index is -4.93. The van der Waals surface area contributed by atoms with Gasteiger partial charge in [0, 0.05) is 0 Å². The number of hydrogen-bond donors (Lipinski definition) is 0. The van der Waals surface area contributed by atoms with Gasteiger partial charge in [0.1, 0.15) is 11.4 Å². The number of carbonyl (C=O) groups is 1. The summed E-state index contributed by atoms with van der Waals surface area (Å²) in [5.74, 6) is -2.71. The number of rotatable bonds is 2. The zero-order valence-corrected chi connectivity index (χ0v) is 9.32. The van der Waals surface area contributed by atoms with Crippen molar-refractivity contribution in [2.24, 2.45) is 0 Å². The zero-order valence-electron chi connectivity index (χ0n) is 8.57. The molecule has 0 bridgehead atoms. The summed E-state index contributed by atoms with van der Waals surface area (Å²) in [7, 11) is 0. The molecule has 2 nitrogen and oxygen atoms in total. The van der Waals surface area contributed by atoms with Crippen LogP contribution in [-0.4, -0.2) is 12.6 Å². The quantitative estimate of drug-likeness (QED) is 0.605. The van der Waals surface area contributed by atoms with E-state index in [1.54, 1.807) is 0 Å². The smallest absolute Gasteiger partial charge is 0.418 e. The Morgan fingerprint density at radius 1 is 1.41 bits per heavy atom. The summed E-state index contributed by atoms with van der Waals surface area (Å²) in [4.78, 5) is 11.3. The van der Waals surface area contributed by atoms with Crippen LogP contribution in [0.1, 0.15) is 22.8 Å². The molecule has 0 atom stereocenters. The van der Waals surface area contributed by atoms with Crippen LogP contribution in [0.5, 0.6) is 0 Å². The first-order valence-corrected chi connectivity index (χ1v) is 4.89. The molecule has 0 saturated carbocycles. The molecule has 0 unspecified atom stereocenters. The Morgan fingerprint density at radius 3 is 2.47 bits per heavy atom. The maximum atomic E-state index is 13.3. The highest BCUT2D eigenvalue weighted by Gasteiger charge is 2.40. The van der Waals surface area contributed by atoms with E-state index in [-0.39, 0.29) is 6.61 Å². The van der Waals surface area contributed by atoms with Gasteiger partial charge in [-0.2, -0.15) is 13.2 Å². The van der Waals surface area contributed by atoms with Crippen LogP contribution in [0, 0.1) is 5.82 Å². The molecular formula is C10H7ClF4O2. The SMILES string of the molecule is CCOC(=O)c1c(F)ccc(Cl)c1C(F)(F)F. The molecule has 1 rings (SSSR count). The van der Waals surface area contributed by atoms with E-state index in [2.05, 4.69) is 4.74 Å². The number of esters is 1. The molecule has 7 heteroatoms. The van der Waals surface area contributed by atoms with Gasteiger partial charge >= 0.3 is 12.1 Å². The number of hydrogen-bond acceptors (Lipinski definition) is 2. The molecule has 1 aromatic rings. The van der Waals surface area contributed by atoms with Crippen molar-refractivity contribution in [2.45, 2.75) is 13.1 Å². The Bertz CT molecular complexity index is 443. The van der Waals surface area contributed by atoms with E-state index in [4.69, 9.17) is 11.6 Å². The third kappa shape index (κ3) is 2.88. The van der Waals surface area contributed by atoms with Gasteiger partial charge in [-0.3, -0.25) is 0 Å². The van der Waals surface area contributed by atoms with Gasteiger partial charge in [0.25, 0.3) is 0 Å². The minimum absolute atomic E-state index is 0.165. The Balaban J connectivity index is 3.46. The molecule has 0 aromatic heterocycles. The molecule has 0 aliphatic carbocycles. The van der Waals surface area contributed by atoms with Gasteiger partial charge in [-0.15, -0.1) is 0 Å². The Kier molecular flexibility index (Phi) is 3.98. The maximum absolute atomic E-state index is 13.3. The molecular weight excluding hydrogens is 264 g/mol. The summed E-state index contributed by atoms with van der Waals surface area (Å²) in [5, 5.41) is -0.748. The van der Waals surface area contributed by atoms with Crippen molar-refractivity contribution in [2.75, 3.05) is 6.61 Å². The van der Waals surface area contributed by atoms with Crippen LogP contribution in [0.4, 0.5) is 17.6 Å². The van der Waals surface area contributed by atoms with Gasteiger partial charge in [0.15, 0.2) is 0 Å². The minimum Gasteiger partial charge on any atom is -0.462 e. The lowest BCUT2D eigenvalue weighted by Gasteiger charge is -2.14. The van der Waals surface area contributed by atoms with Crippen LogP contribution >= 0.6 is 11.6 Å². The zero-order chi connectivity index (χ0) is 13.2. The third-order valence-corrected chi connectivity index (χ3v) is 2.18. The van der Waals surface area contributed by atoms with Crippen LogP contribution in [0.15, 0.2) is 12.1 Å². The summed E-state index contributed by atoms with van der Waals surface area (Å²) in [6.45, 7) is 1.23. The summed E-state index contributed by atoms with van der Waals surface area (Å²) >= 11 is 5.34. The fraction of sp³-hybridized carbons (Fsp3) is 0.300. The average molecular weight is 271 g/mol.